The number of hydrogen-bond acceptors (Lipinski definition) is 8. The average molecular weight is 373 g/mol. The van der Waals surface area contributed by atoms with E-state index >= 15 is 0 Å². The van der Waals surface area contributed by atoms with E-state index in [0.29, 0.717) is 30.4 Å². The Hall–Kier alpha value is -3.47. The number of H-pyrrole nitrogens is 1. The molecule has 11 nitrogen and oxygen atoms in total. The van der Waals surface area contributed by atoms with Crippen molar-refractivity contribution in [1.82, 2.24) is 15.2 Å². The number of anilines is 2. The molecule has 27 heavy (non-hydrogen) atoms. The molecule has 2 amide bonds. The first-order chi connectivity index (χ1) is 13.1. The molecule has 1 atom stereocenters. The van der Waals surface area contributed by atoms with E-state index < -0.39 is 17.9 Å². The molecule has 0 spiro atoms. The Kier molecular flexibility index (Phi) is 5.61. The second-order valence-electron chi connectivity index (χ2n) is 5.61. The van der Waals surface area contributed by atoms with Crippen LogP contribution in [0.15, 0.2) is 29.5 Å². The molecule has 142 valence electrons. The first-order valence-electron chi connectivity index (χ1n) is 8.12. The predicted molar refractivity (Wildman–Crippen MR) is 96.6 cm³/mol. The van der Waals surface area contributed by atoms with E-state index in [4.69, 9.17) is 15.2 Å². The lowest BCUT2D eigenvalue weighted by Crippen LogP contribution is -2.28. The molecule has 0 radical (unpaired) electrons. The molecule has 0 aromatic carbocycles. The van der Waals surface area contributed by atoms with E-state index in [0.717, 1.165) is 0 Å². The quantitative estimate of drug-likeness (QED) is 0.465. The highest BCUT2D eigenvalue weighted by atomic mass is 16.5. The van der Waals surface area contributed by atoms with Crippen molar-refractivity contribution in [3.8, 4) is 0 Å². The van der Waals surface area contributed by atoms with Gasteiger partial charge in [-0.15, -0.1) is 0 Å². The number of pyridine rings is 1. The zero-order valence-corrected chi connectivity index (χ0v) is 14.6. The van der Waals surface area contributed by atoms with Crippen LogP contribution in [0.1, 0.15) is 16.1 Å². The molecule has 2 aromatic rings. The highest BCUT2D eigenvalue weighted by molar-refractivity contribution is 6.05. The summed E-state index contributed by atoms with van der Waals surface area (Å²) in [4.78, 5) is 32.1. The van der Waals surface area contributed by atoms with E-state index in [9.17, 15) is 9.59 Å². The van der Waals surface area contributed by atoms with Gasteiger partial charge < -0.3 is 25.8 Å². The monoisotopic (exact) mass is 373 g/mol. The summed E-state index contributed by atoms with van der Waals surface area (Å²) < 4.78 is 10.5. The summed E-state index contributed by atoms with van der Waals surface area (Å²) >= 11 is 0. The Labute approximate surface area is 154 Å². The van der Waals surface area contributed by atoms with Crippen molar-refractivity contribution in [2.24, 2.45) is 10.7 Å². The maximum atomic E-state index is 12.4. The maximum absolute atomic E-state index is 12.4. The van der Waals surface area contributed by atoms with Crippen molar-refractivity contribution in [2.45, 2.75) is 6.04 Å². The van der Waals surface area contributed by atoms with E-state index in [1.165, 1.54) is 6.20 Å². The van der Waals surface area contributed by atoms with Gasteiger partial charge in [0, 0.05) is 31.6 Å². The number of rotatable bonds is 8. The van der Waals surface area contributed by atoms with Gasteiger partial charge in [0.25, 0.3) is 11.8 Å². The summed E-state index contributed by atoms with van der Waals surface area (Å²) in [5.74, 6) is -0.187. The number of amides is 2. The Morgan fingerprint density at radius 2 is 2.33 bits per heavy atom. The summed E-state index contributed by atoms with van der Waals surface area (Å²) in [5, 5.41) is 11.9. The van der Waals surface area contributed by atoms with Gasteiger partial charge in [-0.1, -0.05) is 0 Å². The van der Waals surface area contributed by atoms with Crippen LogP contribution in [0.3, 0.4) is 0 Å². The van der Waals surface area contributed by atoms with E-state index in [1.54, 1.807) is 25.4 Å². The summed E-state index contributed by atoms with van der Waals surface area (Å²) in [6.45, 7) is 1.24. The summed E-state index contributed by atoms with van der Waals surface area (Å²) in [7, 11) is 1.62. The van der Waals surface area contributed by atoms with E-state index in [2.05, 4.69) is 30.8 Å². The Balaban J connectivity index is 1.67. The smallest absolute Gasteiger partial charge is 0.271 e. The number of ether oxygens (including phenoxy) is 2. The fraction of sp³-hybridized carbons (Fsp3) is 0.312. The van der Waals surface area contributed by atoms with Crippen LogP contribution < -0.4 is 16.4 Å². The zero-order chi connectivity index (χ0) is 19.2. The molecule has 0 aliphatic carbocycles. The largest absolute Gasteiger partial charge is 0.475 e. The first-order valence-corrected chi connectivity index (χ1v) is 8.12. The van der Waals surface area contributed by atoms with Crippen molar-refractivity contribution >= 4 is 29.2 Å². The number of aromatic nitrogens is 3. The van der Waals surface area contributed by atoms with Gasteiger partial charge in [0.1, 0.15) is 12.4 Å². The number of carbonyl (C=O) groups excluding carboxylic acids is 2. The first kappa shape index (κ1) is 18.3. The molecule has 0 bridgehead atoms. The fourth-order valence-electron chi connectivity index (χ4n) is 2.40. The average Bonchev–Trinajstić information content (AvgIpc) is 3.32. The number of aromatic amines is 1. The lowest BCUT2D eigenvalue weighted by Gasteiger charge is -2.06. The Bertz CT molecular complexity index is 864. The second kappa shape index (κ2) is 8.27. The predicted octanol–water partition coefficient (Wildman–Crippen LogP) is -0.254. The normalized spacial score (nSPS) is 15.7. The molecule has 1 unspecified atom stereocenters. The Morgan fingerprint density at radius 3 is 3.11 bits per heavy atom. The van der Waals surface area contributed by atoms with Gasteiger partial charge in [-0.05, 0) is 12.1 Å². The van der Waals surface area contributed by atoms with Crippen molar-refractivity contribution in [1.29, 1.82) is 0 Å². The third kappa shape index (κ3) is 4.39. The molecular formula is C16H19N7O4. The molecule has 3 rings (SSSR count). The van der Waals surface area contributed by atoms with Crippen LogP contribution in [0, 0.1) is 0 Å². The lowest BCUT2D eigenvalue weighted by atomic mass is 10.2. The number of primary amides is 1. The minimum atomic E-state index is -0.756. The van der Waals surface area contributed by atoms with E-state index in [-0.39, 0.29) is 18.0 Å². The molecule has 2 aromatic heterocycles. The molecule has 1 aliphatic heterocycles. The van der Waals surface area contributed by atoms with Gasteiger partial charge in [0.05, 0.1) is 12.3 Å². The van der Waals surface area contributed by atoms with Crippen LogP contribution in [0.2, 0.25) is 0 Å². The number of aliphatic imine (C=N–C) groups is 1. The molecule has 11 heteroatoms. The third-order valence-electron chi connectivity index (χ3n) is 3.70. The minimum Gasteiger partial charge on any atom is -0.475 e. The fourth-order valence-corrected chi connectivity index (χ4v) is 2.40. The zero-order valence-electron chi connectivity index (χ0n) is 14.6. The minimum absolute atomic E-state index is 0.0487. The van der Waals surface area contributed by atoms with Gasteiger partial charge >= 0.3 is 0 Å². The summed E-state index contributed by atoms with van der Waals surface area (Å²) in [5.41, 5.74) is 6.05. The van der Waals surface area contributed by atoms with Crippen molar-refractivity contribution < 1.29 is 19.1 Å². The molecule has 0 fully saturated rings. The molecule has 0 saturated heterocycles. The van der Waals surface area contributed by atoms with Crippen LogP contribution in [0.4, 0.5) is 11.5 Å². The molecular weight excluding hydrogens is 354 g/mol. The van der Waals surface area contributed by atoms with Gasteiger partial charge in [0.15, 0.2) is 11.7 Å². The number of nitrogens with one attached hydrogen (secondary N) is 3. The SMILES string of the molecule is COCCNc1cc(C2=NC(C(=O)Nc3c[nH]nc3C(N)=O)CO2)ccn1. The van der Waals surface area contributed by atoms with Crippen LogP contribution in [-0.2, 0) is 14.3 Å². The number of hydrogen-bond donors (Lipinski definition) is 4. The molecule has 0 saturated carbocycles. The lowest BCUT2D eigenvalue weighted by molar-refractivity contribution is -0.117. The molecule has 1 aliphatic rings. The molecule has 5 N–H and O–H groups in total. The van der Waals surface area contributed by atoms with Crippen molar-refractivity contribution in [3.05, 3.63) is 35.8 Å². The summed E-state index contributed by atoms with van der Waals surface area (Å²) in [6, 6.07) is 2.76. The Morgan fingerprint density at radius 1 is 1.48 bits per heavy atom. The topological polar surface area (TPSA) is 157 Å². The number of methoxy groups -OCH3 is 1. The van der Waals surface area contributed by atoms with Crippen molar-refractivity contribution in [3.63, 3.8) is 0 Å². The number of nitrogens with zero attached hydrogens (tertiary/aromatic N) is 3. The number of nitrogens with two attached hydrogens (primary N) is 1. The highest BCUT2D eigenvalue weighted by Gasteiger charge is 2.28. The van der Waals surface area contributed by atoms with Crippen LogP contribution >= 0.6 is 0 Å². The second-order valence-corrected chi connectivity index (χ2v) is 5.61. The van der Waals surface area contributed by atoms with Crippen LogP contribution in [0.5, 0.6) is 0 Å². The van der Waals surface area contributed by atoms with Crippen LogP contribution in [0.25, 0.3) is 0 Å². The van der Waals surface area contributed by atoms with Crippen molar-refractivity contribution in [2.75, 3.05) is 37.5 Å². The van der Waals surface area contributed by atoms with Crippen LogP contribution in [-0.4, -0.2) is 65.8 Å². The van der Waals surface area contributed by atoms with Gasteiger partial charge in [-0.2, -0.15) is 5.10 Å². The third-order valence-corrected chi connectivity index (χ3v) is 3.70. The maximum Gasteiger partial charge on any atom is 0.271 e. The highest BCUT2D eigenvalue weighted by Crippen LogP contribution is 2.17. The van der Waals surface area contributed by atoms with Gasteiger partial charge in [-0.25, -0.2) is 9.98 Å². The summed E-state index contributed by atoms with van der Waals surface area (Å²) in [6.07, 6.45) is 2.99. The van der Waals surface area contributed by atoms with Gasteiger partial charge in [0.2, 0.25) is 5.90 Å². The van der Waals surface area contributed by atoms with E-state index in [1.807, 2.05) is 0 Å². The molecule has 3 heterocycles. The number of carbonyl (C=O) groups is 2. The standard InChI is InChI=1S/C16H19N7O4/c1-26-5-4-19-12-6-9(2-3-18-12)16-22-11(8-27-16)15(25)21-10-7-20-23-13(10)14(17)24/h2-3,6-7,11H,4-5,8H2,1H3,(H2,17,24)(H,18,19)(H,20,23)(H,21,25). The van der Waals surface area contributed by atoms with Gasteiger partial charge in [-0.3, -0.25) is 14.7 Å².